The summed E-state index contributed by atoms with van der Waals surface area (Å²) >= 11 is 9.12. The number of rotatable bonds is 1. The van der Waals surface area contributed by atoms with Gasteiger partial charge in [0.1, 0.15) is 0 Å². The smallest absolute Gasteiger partial charge is 0.209 e. The van der Waals surface area contributed by atoms with Crippen LogP contribution in [-0.2, 0) is 10.0 Å². The molecule has 0 aromatic carbocycles. The molecular formula is C6H10Br3NO2S. The molecular weight excluding hydrogens is 390 g/mol. The lowest BCUT2D eigenvalue weighted by atomic mass is 10.2. The van der Waals surface area contributed by atoms with Crippen LogP contribution in [0.3, 0.4) is 0 Å². The Bertz CT molecular complexity index is 266. The first kappa shape index (κ1) is 12.4. The largest absolute Gasteiger partial charge is 0.250 e. The number of sulfonamides is 1. The third kappa shape index (κ3) is 2.90. The first-order valence-corrected chi connectivity index (χ1v) is 7.74. The lowest BCUT2D eigenvalue weighted by Crippen LogP contribution is -2.41. The quantitative estimate of drug-likeness (QED) is 0.635. The van der Waals surface area contributed by atoms with Gasteiger partial charge < -0.3 is 0 Å². The van der Waals surface area contributed by atoms with Gasteiger partial charge in [-0.25, -0.2) is 8.42 Å². The van der Waals surface area contributed by atoms with Crippen LogP contribution < -0.4 is 0 Å². The lowest BCUT2D eigenvalue weighted by Gasteiger charge is -2.29. The van der Waals surface area contributed by atoms with E-state index < -0.39 is 11.5 Å². The van der Waals surface area contributed by atoms with Gasteiger partial charge in [0.25, 0.3) is 10.0 Å². The van der Waals surface area contributed by atoms with Crippen LogP contribution in [0.5, 0.6) is 0 Å². The van der Waals surface area contributed by atoms with Crippen LogP contribution in [-0.4, -0.2) is 27.3 Å². The third-order valence-corrected chi connectivity index (χ3v) is 7.26. The molecule has 0 N–H and O–H groups in total. The van der Waals surface area contributed by atoms with Crippen LogP contribution in [0.25, 0.3) is 0 Å². The van der Waals surface area contributed by atoms with Gasteiger partial charge >= 0.3 is 0 Å². The third-order valence-electron chi connectivity index (χ3n) is 1.95. The normalized spacial score (nSPS) is 21.8. The van der Waals surface area contributed by atoms with Crippen LogP contribution in [0.2, 0.25) is 0 Å². The molecule has 1 aliphatic rings. The fraction of sp³-hybridized carbons (Fsp3) is 1.00. The van der Waals surface area contributed by atoms with E-state index in [1.807, 2.05) is 0 Å². The summed E-state index contributed by atoms with van der Waals surface area (Å²) < 4.78 is 23.9. The first-order chi connectivity index (χ1) is 5.86. The van der Waals surface area contributed by atoms with Gasteiger partial charge in [0.05, 0.1) is 0 Å². The van der Waals surface area contributed by atoms with Gasteiger partial charge in [-0.3, -0.25) is 0 Å². The Kier molecular flexibility index (Phi) is 4.27. The zero-order chi connectivity index (χ0) is 10.1. The molecule has 0 aliphatic carbocycles. The Hall–Kier alpha value is 1.35. The molecule has 1 heterocycles. The van der Waals surface area contributed by atoms with E-state index in [0.717, 1.165) is 19.3 Å². The van der Waals surface area contributed by atoms with Crippen LogP contribution in [0, 0.1) is 0 Å². The van der Waals surface area contributed by atoms with Crippen LogP contribution in [0.15, 0.2) is 0 Å². The highest BCUT2D eigenvalue weighted by Gasteiger charge is 2.41. The van der Waals surface area contributed by atoms with Crippen LogP contribution in [0.4, 0.5) is 0 Å². The van der Waals surface area contributed by atoms with E-state index in [9.17, 15) is 8.42 Å². The fourth-order valence-corrected chi connectivity index (χ4v) is 4.13. The van der Waals surface area contributed by atoms with Crippen molar-refractivity contribution in [3.05, 3.63) is 0 Å². The molecule has 0 aromatic rings. The van der Waals surface area contributed by atoms with E-state index in [1.54, 1.807) is 0 Å². The summed E-state index contributed by atoms with van der Waals surface area (Å²) in [5.41, 5.74) is 0. The molecule has 1 fully saturated rings. The Labute approximate surface area is 104 Å². The molecule has 1 saturated heterocycles. The summed E-state index contributed by atoms with van der Waals surface area (Å²) in [7, 11) is -3.32. The molecule has 1 rings (SSSR count). The molecule has 0 aromatic heterocycles. The second-order valence-corrected chi connectivity index (χ2v) is 13.3. The van der Waals surface area contributed by atoms with Crippen LogP contribution in [0.1, 0.15) is 19.3 Å². The highest BCUT2D eigenvalue weighted by molar-refractivity contribution is 9.42. The van der Waals surface area contributed by atoms with E-state index in [4.69, 9.17) is 0 Å². The summed E-state index contributed by atoms with van der Waals surface area (Å²) in [5, 5.41) is 0. The molecule has 0 saturated carbocycles. The van der Waals surface area contributed by atoms with Crippen LogP contribution >= 0.6 is 47.8 Å². The second-order valence-electron chi connectivity index (χ2n) is 2.91. The molecule has 0 amide bonds. The van der Waals surface area contributed by atoms with Crippen molar-refractivity contribution in [3.63, 3.8) is 0 Å². The number of hydrogen-bond donors (Lipinski definition) is 0. The van der Waals surface area contributed by atoms with E-state index in [-0.39, 0.29) is 0 Å². The fourth-order valence-electron chi connectivity index (χ4n) is 1.25. The van der Waals surface area contributed by atoms with Gasteiger partial charge in [-0.05, 0) is 60.6 Å². The maximum Gasteiger partial charge on any atom is 0.250 e. The lowest BCUT2D eigenvalue weighted by molar-refractivity contribution is 0.347. The van der Waals surface area contributed by atoms with Crippen molar-refractivity contribution in [3.8, 4) is 0 Å². The Morgan fingerprint density at radius 2 is 1.46 bits per heavy atom. The summed E-state index contributed by atoms with van der Waals surface area (Å²) in [6.07, 6.45) is 3.01. The first-order valence-electron chi connectivity index (χ1n) is 3.92. The highest BCUT2D eigenvalue weighted by Crippen LogP contribution is 2.41. The summed E-state index contributed by atoms with van der Waals surface area (Å²) in [6.45, 7) is 1.24. The number of nitrogens with zero attached hydrogens (tertiary/aromatic N) is 1. The minimum atomic E-state index is -3.32. The Morgan fingerprint density at radius 1 is 1.00 bits per heavy atom. The van der Waals surface area contributed by atoms with E-state index in [2.05, 4.69) is 47.8 Å². The maximum absolute atomic E-state index is 11.8. The van der Waals surface area contributed by atoms with Crippen molar-refractivity contribution in [1.29, 1.82) is 0 Å². The Morgan fingerprint density at radius 3 is 1.85 bits per heavy atom. The number of piperidine rings is 1. The predicted molar refractivity (Wildman–Crippen MR) is 63.9 cm³/mol. The summed E-state index contributed by atoms with van der Waals surface area (Å²) in [6, 6.07) is 0. The van der Waals surface area contributed by atoms with Crippen molar-refractivity contribution in [2.24, 2.45) is 0 Å². The molecule has 3 nitrogen and oxygen atoms in total. The highest BCUT2D eigenvalue weighted by atomic mass is 80.0. The summed E-state index contributed by atoms with van der Waals surface area (Å²) in [5.74, 6) is 0. The molecule has 0 radical (unpaired) electrons. The molecule has 0 atom stereocenters. The monoisotopic (exact) mass is 397 g/mol. The molecule has 1 aliphatic heterocycles. The topological polar surface area (TPSA) is 37.4 Å². The van der Waals surface area contributed by atoms with Gasteiger partial charge in [0.2, 0.25) is 1.47 Å². The maximum atomic E-state index is 11.8. The molecule has 78 valence electrons. The predicted octanol–water partition coefficient (Wildman–Crippen LogP) is 2.60. The van der Waals surface area contributed by atoms with Crippen molar-refractivity contribution in [1.82, 2.24) is 4.31 Å². The molecule has 0 spiro atoms. The van der Waals surface area contributed by atoms with Crippen molar-refractivity contribution < 1.29 is 8.42 Å². The number of alkyl halides is 3. The van der Waals surface area contributed by atoms with Crippen molar-refractivity contribution >= 4 is 57.8 Å². The molecule has 13 heavy (non-hydrogen) atoms. The minimum Gasteiger partial charge on any atom is -0.209 e. The van der Waals surface area contributed by atoms with E-state index >= 15 is 0 Å². The average molecular weight is 400 g/mol. The van der Waals surface area contributed by atoms with Gasteiger partial charge in [0.15, 0.2) is 0 Å². The molecule has 0 unspecified atom stereocenters. The summed E-state index contributed by atoms with van der Waals surface area (Å²) in [4.78, 5) is 0. The second kappa shape index (κ2) is 4.47. The van der Waals surface area contributed by atoms with E-state index in [0.29, 0.717) is 13.1 Å². The molecule has 0 bridgehead atoms. The zero-order valence-electron chi connectivity index (χ0n) is 6.84. The zero-order valence-corrected chi connectivity index (χ0v) is 12.4. The minimum absolute atomic E-state index is 0.618. The van der Waals surface area contributed by atoms with Gasteiger partial charge in [0, 0.05) is 13.1 Å². The van der Waals surface area contributed by atoms with E-state index in [1.165, 1.54) is 4.31 Å². The Balaban J connectivity index is 2.80. The number of hydrogen-bond acceptors (Lipinski definition) is 2. The van der Waals surface area contributed by atoms with Gasteiger partial charge in [-0.1, -0.05) is 6.42 Å². The standard InChI is InChI=1S/C6H10Br3NO2S/c7-6(8,9)13(11,12)10-4-2-1-3-5-10/h1-5H2. The van der Waals surface area contributed by atoms with Crippen molar-refractivity contribution in [2.45, 2.75) is 20.7 Å². The van der Waals surface area contributed by atoms with Crippen molar-refractivity contribution in [2.75, 3.05) is 13.1 Å². The number of halogens is 3. The molecule has 7 heteroatoms. The average Bonchev–Trinajstić information content (AvgIpc) is 2.04. The van der Waals surface area contributed by atoms with Gasteiger partial charge in [-0.15, -0.1) is 0 Å². The SMILES string of the molecule is O=S(=O)(N1CCCCC1)C(Br)(Br)Br. The van der Waals surface area contributed by atoms with Gasteiger partial charge in [-0.2, -0.15) is 4.31 Å².